The number of piperidine rings is 1. The minimum absolute atomic E-state index is 0.0713. The van der Waals surface area contributed by atoms with Crippen LogP contribution in [0.4, 0.5) is 0 Å². The van der Waals surface area contributed by atoms with E-state index in [9.17, 15) is 13.2 Å². The number of rotatable bonds is 7. The highest BCUT2D eigenvalue weighted by Crippen LogP contribution is 2.19. The number of ether oxygens (including phenoxy) is 2. The Morgan fingerprint density at radius 3 is 2.58 bits per heavy atom. The molecule has 1 aliphatic rings. The third-order valence-corrected chi connectivity index (χ3v) is 4.59. The van der Waals surface area contributed by atoms with Gasteiger partial charge in [0.15, 0.2) is 6.29 Å². The lowest BCUT2D eigenvalue weighted by molar-refractivity contribution is -0.142. The van der Waals surface area contributed by atoms with Crippen molar-refractivity contribution in [2.45, 2.75) is 31.6 Å². The van der Waals surface area contributed by atoms with Crippen molar-refractivity contribution in [3.05, 3.63) is 0 Å². The third kappa shape index (κ3) is 4.39. The van der Waals surface area contributed by atoms with Gasteiger partial charge in [0, 0.05) is 20.8 Å². The van der Waals surface area contributed by atoms with E-state index in [1.54, 1.807) is 0 Å². The topological polar surface area (TPSA) is 105 Å². The molecule has 9 heteroatoms. The van der Waals surface area contributed by atoms with Gasteiger partial charge >= 0.3 is 5.97 Å². The highest BCUT2D eigenvalue weighted by molar-refractivity contribution is 7.87. The highest BCUT2D eigenvalue weighted by atomic mass is 32.2. The summed E-state index contributed by atoms with van der Waals surface area (Å²) in [5, 5.41) is 9.06. The summed E-state index contributed by atoms with van der Waals surface area (Å²) in [6.07, 6.45) is 0.987. The number of carbonyl (C=O) groups is 1. The first-order valence-corrected chi connectivity index (χ1v) is 7.41. The number of carboxylic acid groups (broad SMARTS) is 1. The zero-order chi connectivity index (χ0) is 14.5. The molecule has 0 aromatic heterocycles. The van der Waals surface area contributed by atoms with E-state index < -0.39 is 28.5 Å². The van der Waals surface area contributed by atoms with E-state index in [1.807, 2.05) is 0 Å². The lowest BCUT2D eigenvalue weighted by Gasteiger charge is -2.32. The molecule has 2 N–H and O–H groups in total. The molecule has 0 radical (unpaired) electrons. The van der Waals surface area contributed by atoms with Crippen LogP contribution in [0.5, 0.6) is 0 Å². The predicted octanol–water partition coefficient (Wildman–Crippen LogP) is -0.621. The number of methoxy groups -OCH3 is 2. The van der Waals surface area contributed by atoms with Gasteiger partial charge in [0.2, 0.25) is 0 Å². The Morgan fingerprint density at radius 1 is 1.42 bits per heavy atom. The first kappa shape index (κ1) is 16.3. The van der Waals surface area contributed by atoms with Crippen LogP contribution < -0.4 is 4.72 Å². The fraction of sp³-hybridized carbons (Fsp3) is 0.900. The Morgan fingerprint density at radius 2 is 2.05 bits per heavy atom. The van der Waals surface area contributed by atoms with Gasteiger partial charge in [-0.05, 0) is 19.3 Å². The second-order valence-corrected chi connectivity index (χ2v) is 5.92. The van der Waals surface area contributed by atoms with Gasteiger partial charge in [-0.25, -0.2) is 0 Å². The van der Waals surface area contributed by atoms with E-state index >= 15 is 0 Å². The molecule has 1 rings (SSSR count). The molecule has 1 atom stereocenters. The molecule has 8 nitrogen and oxygen atoms in total. The van der Waals surface area contributed by atoms with E-state index in [2.05, 4.69) is 4.72 Å². The summed E-state index contributed by atoms with van der Waals surface area (Å²) in [7, 11) is -1.07. The van der Waals surface area contributed by atoms with E-state index in [4.69, 9.17) is 14.6 Å². The molecule has 1 unspecified atom stereocenters. The molecule has 0 amide bonds. The van der Waals surface area contributed by atoms with E-state index in [1.165, 1.54) is 14.2 Å². The average molecular weight is 296 g/mol. The minimum Gasteiger partial charge on any atom is -0.480 e. The van der Waals surface area contributed by atoms with Gasteiger partial charge in [0.25, 0.3) is 10.2 Å². The Hall–Kier alpha value is -0.740. The van der Waals surface area contributed by atoms with Crippen LogP contribution in [0.1, 0.15) is 19.3 Å². The number of nitrogens with one attached hydrogen (secondary N) is 1. The second kappa shape index (κ2) is 7.15. The standard InChI is InChI=1S/C10H20N2O6S/c1-17-9(18-2)7-11-19(15,16)12-6-4-3-5-8(12)10(13)14/h8-9,11H,3-7H2,1-2H3,(H,13,14). The summed E-state index contributed by atoms with van der Waals surface area (Å²) in [6, 6.07) is -1.00. The molecule has 1 aliphatic heterocycles. The van der Waals surface area contributed by atoms with E-state index in [0.717, 1.165) is 4.31 Å². The number of carboxylic acids is 1. The largest absolute Gasteiger partial charge is 0.480 e. The lowest BCUT2D eigenvalue weighted by Crippen LogP contribution is -2.53. The molecule has 1 saturated heterocycles. The average Bonchev–Trinajstić information content (AvgIpc) is 2.39. The predicted molar refractivity (Wildman–Crippen MR) is 66.7 cm³/mol. The summed E-state index contributed by atoms with van der Waals surface area (Å²) >= 11 is 0. The van der Waals surface area contributed by atoms with Gasteiger partial charge in [-0.15, -0.1) is 0 Å². The third-order valence-electron chi connectivity index (χ3n) is 3.01. The van der Waals surface area contributed by atoms with E-state index in [-0.39, 0.29) is 13.1 Å². The number of aliphatic carboxylic acids is 1. The van der Waals surface area contributed by atoms with Crippen LogP contribution in [0.2, 0.25) is 0 Å². The van der Waals surface area contributed by atoms with Crippen LogP contribution in [0.25, 0.3) is 0 Å². The maximum absolute atomic E-state index is 12.1. The first-order valence-electron chi connectivity index (χ1n) is 5.97. The molecule has 0 spiro atoms. The molecule has 0 aromatic rings. The van der Waals surface area contributed by atoms with Gasteiger partial charge in [0.1, 0.15) is 6.04 Å². The number of nitrogens with zero attached hydrogens (tertiary/aromatic N) is 1. The van der Waals surface area contributed by atoms with Crippen LogP contribution in [0.15, 0.2) is 0 Å². The van der Waals surface area contributed by atoms with Crippen LogP contribution in [-0.4, -0.2) is 63.4 Å². The molecule has 0 aliphatic carbocycles. The molecule has 0 bridgehead atoms. The summed E-state index contributed by atoms with van der Waals surface area (Å²) in [4.78, 5) is 11.1. The fourth-order valence-corrected chi connectivity index (χ4v) is 3.37. The van der Waals surface area contributed by atoms with Gasteiger partial charge in [0.05, 0.1) is 6.54 Å². The van der Waals surface area contributed by atoms with Gasteiger partial charge in [-0.3, -0.25) is 4.79 Å². The van der Waals surface area contributed by atoms with Crippen LogP contribution >= 0.6 is 0 Å². The molecule has 112 valence electrons. The normalized spacial score (nSPS) is 21.7. The van der Waals surface area contributed by atoms with E-state index in [0.29, 0.717) is 19.3 Å². The molecule has 1 fully saturated rings. The highest BCUT2D eigenvalue weighted by Gasteiger charge is 2.36. The first-order chi connectivity index (χ1) is 8.92. The lowest BCUT2D eigenvalue weighted by atomic mass is 10.1. The Balaban J connectivity index is 2.71. The maximum atomic E-state index is 12.1. The summed E-state index contributed by atoms with van der Waals surface area (Å²) < 4.78 is 37.2. The van der Waals surface area contributed by atoms with Crippen molar-refractivity contribution in [3.63, 3.8) is 0 Å². The van der Waals surface area contributed by atoms with Gasteiger partial charge < -0.3 is 14.6 Å². The summed E-state index contributed by atoms with van der Waals surface area (Å²) in [6.45, 7) is 0.134. The Labute approximate surface area is 112 Å². The van der Waals surface area contributed by atoms with Crippen molar-refractivity contribution < 1.29 is 27.8 Å². The quantitative estimate of drug-likeness (QED) is 0.607. The zero-order valence-corrected chi connectivity index (χ0v) is 11.9. The number of hydrogen-bond donors (Lipinski definition) is 2. The van der Waals surface area contributed by atoms with Crippen molar-refractivity contribution in [2.24, 2.45) is 0 Å². The van der Waals surface area contributed by atoms with Crippen molar-refractivity contribution in [3.8, 4) is 0 Å². The van der Waals surface area contributed by atoms with Crippen LogP contribution in [-0.2, 0) is 24.5 Å². The summed E-state index contributed by atoms with van der Waals surface area (Å²) in [5.74, 6) is -1.12. The van der Waals surface area contributed by atoms with Crippen molar-refractivity contribution in [1.29, 1.82) is 0 Å². The molecular formula is C10H20N2O6S. The molecule has 19 heavy (non-hydrogen) atoms. The minimum atomic E-state index is -3.85. The van der Waals surface area contributed by atoms with Gasteiger partial charge in [-0.1, -0.05) is 0 Å². The summed E-state index contributed by atoms with van der Waals surface area (Å²) in [5.41, 5.74) is 0. The molecule has 0 aromatic carbocycles. The molecular weight excluding hydrogens is 276 g/mol. The van der Waals surface area contributed by atoms with Crippen molar-refractivity contribution in [1.82, 2.24) is 9.03 Å². The van der Waals surface area contributed by atoms with Crippen molar-refractivity contribution in [2.75, 3.05) is 27.3 Å². The SMILES string of the molecule is COC(CNS(=O)(=O)N1CCCCC1C(=O)O)OC. The molecule has 1 heterocycles. The second-order valence-electron chi connectivity index (χ2n) is 4.21. The molecule has 0 saturated carbocycles. The Kier molecular flexibility index (Phi) is 6.14. The van der Waals surface area contributed by atoms with Gasteiger partial charge in [-0.2, -0.15) is 17.4 Å². The van der Waals surface area contributed by atoms with Crippen molar-refractivity contribution >= 4 is 16.2 Å². The fourth-order valence-electron chi connectivity index (χ4n) is 1.96. The maximum Gasteiger partial charge on any atom is 0.322 e. The Bertz CT molecular complexity index is 395. The number of hydrogen-bond acceptors (Lipinski definition) is 5. The van der Waals surface area contributed by atoms with Crippen LogP contribution in [0, 0.1) is 0 Å². The van der Waals surface area contributed by atoms with Crippen LogP contribution in [0.3, 0.4) is 0 Å². The zero-order valence-electron chi connectivity index (χ0n) is 11.0. The monoisotopic (exact) mass is 296 g/mol. The smallest absolute Gasteiger partial charge is 0.322 e.